The smallest absolute Gasteiger partial charge is 0.128 e. The molecule has 11 nitrogen and oxygen atoms in total. The topological polar surface area (TPSA) is 165 Å². The summed E-state index contributed by atoms with van der Waals surface area (Å²) in [5.41, 5.74) is 6.85. The van der Waals surface area contributed by atoms with Crippen molar-refractivity contribution >= 4 is 0 Å². The monoisotopic (exact) mass is 609 g/mol. The normalized spacial score (nSPS) is 16.4. The Morgan fingerprint density at radius 2 is 1.11 bits per heavy atom. The fraction of sp³-hybridized carbons (Fsp3) is 0.485. The van der Waals surface area contributed by atoms with Gasteiger partial charge in [0.25, 0.3) is 0 Å². The molecule has 2 atom stereocenters. The van der Waals surface area contributed by atoms with E-state index >= 15 is 0 Å². The van der Waals surface area contributed by atoms with Crippen LogP contribution in [0.3, 0.4) is 0 Å². The van der Waals surface area contributed by atoms with Gasteiger partial charge in [0, 0.05) is 61.5 Å². The van der Waals surface area contributed by atoms with Gasteiger partial charge >= 0.3 is 0 Å². The van der Waals surface area contributed by atoms with Crippen LogP contribution in [0.1, 0.15) is 57.6 Å². The maximum atomic E-state index is 11.1. The molecule has 8 N–H and O–H groups in total. The first kappa shape index (κ1) is 33.8. The molecule has 0 amide bonds. The summed E-state index contributed by atoms with van der Waals surface area (Å²) >= 11 is 0. The van der Waals surface area contributed by atoms with E-state index in [1.807, 2.05) is 56.3 Å². The SMILES string of the molecule is Cc1cc(CNC(O)CO)c(O)c(CN2CCCCN(Cc3cc(C)cc(CNC(O)CO)c3O)Cc3cccc(n3)C2)c1. The Balaban J connectivity index is 1.48. The average Bonchev–Trinajstić information content (AvgIpc) is 3.02. The predicted molar refractivity (Wildman–Crippen MR) is 167 cm³/mol. The van der Waals surface area contributed by atoms with Gasteiger partial charge in [0.1, 0.15) is 24.0 Å². The Morgan fingerprint density at radius 1 is 0.705 bits per heavy atom. The van der Waals surface area contributed by atoms with Gasteiger partial charge in [0.2, 0.25) is 0 Å². The van der Waals surface area contributed by atoms with Crippen molar-refractivity contribution in [3.63, 3.8) is 0 Å². The summed E-state index contributed by atoms with van der Waals surface area (Å²) in [6.07, 6.45) is -0.238. The average molecular weight is 610 g/mol. The number of phenolic OH excluding ortho intramolecular Hbond substituents is 2. The van der Waals surface area contributed by atoms with Crippen molar-refractivity contribution in [3.8, 4) is 11.5 Å². The standard InChI is InChI=1S/C33H47N5O6/c1-22-10-24(14-34-30(41)20-39)32(43)26(12-22)16-37-8-3-4-9-38(19-29-7-5-6-28(18-37)36-29)17-27-13-23(2)11-25(33(27)44)15-35-31(42)21-40/h5-7,10-13,30-31,34-35,39-44H,3-4,8-9,14-21H2,1-2H3. The summed E-state index contributed by atoms with van der Waals surface area (Å²) in [5, 5.41) is 65.4. The first-order valence-electron chi connectivity index (χ1n) is 15.2. The van der Waals surface area contributed by atoms with Crippen molar-refractivity contribution in [1.29, 1.82) is 0 Å². The summed E-state index contributed by atoms with van der Waals surface area (Å²) in [7, 11) is 0. The Bertz CT molecular complexity index is 1270. The molecule has 2 aromatic carbocycles. The summed E-state index contributed by atoms with van der Waals surface area (Å²) in [4.78, 5) is 9.55. The highest BCUT2D eigenvalue weighted by Gasteiger charge is 2.19. The fourth-order valence-corrected chi connectivity index (χ4v) is 5.71. The maximum absolute atomic E-state index is 11.1. The van der Waals surface area contributed by atoms with Gasteiger partial charge in [-0.3, -0.25) is 25.4 Å². The van der Waals surface area contributed by atoms with Crippen LogP contribution in [0.2, 0.25) is 0 Å². The van der Waals surface area contributed by atoms with E-state index in [-0.39, 0.29) is 24.6 Å². The summed E-state index contributed by atoms with van der Waals surface area (Å²) in [6, 6.07) is 13.8. The van der Waals surface area contributed by atoms with Crippen molar-refractivity contribution in [2.24, 2.45) is 0 Å². The lowest BCUT2D eigenvalue weighted by molar-refractivity contribution is 0.0663. The third-order valence-electron chi connectivity index (χ3n) is 7.85. The molecule has 2 heterocycles. The van der Waals surface area contributed by atoms with Crippen molar-refractivity contribution in [3.05, 3.63) is 87.2 Å². The van der Waals surface area contributed by atoms with Gasteiger partial charge < -0.3 is 30.6 Å². The Morgan fingerprint density at radius 3 is 1.52 bits per heavy atom. The number of rotatable bonds is 12. The van der Waals surface area contributed by atoms with Crippen molar-refractivity contribution in [2.75, 3.05) is 26.3 Å². The highest BCUT2D eigenvalue weighted by Crippen LogP contribution is 2.29. The minimum absolute atomic E-state index is 0.189. The summed E-state index contributed by atoms with van der Waals surface area (Å²) in [6.45, 7) is 7.58. The highest BCUT2D eigenvalue weighted by molar-refractivity contribution is 5.44. The molecule has 0 spiro atoms. The summed E-state index contributed by atoms with van der Waals surface area (Å²) in [5.74, 6) is 0.377. The van der Waals surface area contributed by atoms with E-state index in [0.717, 1.165) is 59.6 Å². The quantitative estimate of drug-likeness (QED) is 0.141. The predicted octanol–water partition coefficient (Wildman–Crippen LogP) is 1.71. The third kappa shape index (κ3) is 9.68. The van der Waals surface area contributed by atoms with Crippen LogP contribution in [0, 0.1) is 13.8 Å². The molecule has 2 unspecified atom stereocenters. The van der Waals surface area contributed by atoms with E-state index < -0.39 is 25.7 Å². The molecule has 1 aliphatic heterocycles. The number of pyridine rings is 1. The maximum Gasteiger partial charge on any atom is 0.128 e. The number of aromatic nitrogens is 1. The number of aliphatic hydroxyl groups is 4. The Labute approximate surface area is 259 Å². The summed E-state index contributed by atoms with van der Waals surface area (Å²) < 4.78 is 0. The zero-order valence-electron chi connectivity index (χ0n) is 25.7. The lowest BCUT2D eigenvalue weighted by Gasteiger charge is -2.24. The minimum Gasteiger partial charge on any atom is -0.507 e. The van der Waals surface area contributed by atoms with Gasteiger partial charge in [-0.15, -0.1) is 0 Å². The van der Waals surface area contributed by atoms with E-state index in [9.17, 15) is 20.4 Å². The molecule has 1 aliphatic rings. The molecule has 4 rings (SSSR count). The number of hydrogen-bond donors (Lipinski definition) is 8. The van der Waals surface area contributed by atoms with E-state index in [2.05, 4.69) is 20.4 Å². The largest absolute Gasteiger partial charge is 0.507 e. The van der Waals surface area contributed by atoms with Crippen LogP contribution in [0.15, 0.2) is 42.5 Å². The highest BCUT2D eigenvalue weighted by atomic mass is 16.3. The van der Waals surface area contributed by atoms with Crippen LogP contribution in [-0.4, -0.2) is 84.2 Å². The van der Waals surface area contributed by atoms with Crippen molar-refractivity contribution in [2.45, 2.75) is 78.4 Å². The molecule has 2 bridgehead atoms. The second kappa shape index (κ2) is 16.3. The van der Waals surface area contributed by atoms with Gasteiger partial charge in [-0.25, -0.2) is 0 Å². The molecule has 0 saturated carbocycles. The van der Waals surface area contributed by atoms with Gasteiger partial charge in [-0.1, -0.05) is 41.5 Å². The number of aryl methyl sites for hydroxylation is 2. The molecule has 240 valence electrons. The van der Waals surface area contributed by atoms with E-state index in [1.165, 1.54) is 0 Å². The molecule has 44 heavy (non-hydrogen) atoms. The first-order valence-corrected chi connectivity index (χ1v) is 15.2. The van der Waals surface area contributed by atoms with Gasteiger partial charge in [0.05, 0.1) is 24.6 Å². The Hall–Kier alpha value is -3.13. The van der Waals surface area contributed by atoms with Crippen molar-refractivity contribution in [1.82, 2.24) is 25.4 Å². The molecule has 0 saturated heterocycles. The van der Waals surface area contributed by atoms with Crippen LogP contribution in [0.4, 0.5) is 0 Å². The zero-order chi connectivity index (χ0) is 31.6. The molecule has 0 radical (unpaired) electrons. The van der Waals surface area contributed by atoms with Gasteiger partial charge in [0.15, 0.2) is 0 Å². The molecular formula is C33H47N5O6. The second-order valence-corrected chi connectivity index (χ2v) is 11.8. The number of benzene rings is 2. The van der Waals surface area contributed by atoms with E-state index in [4.69, 9.17) is 15.2 Å². The molecule has 0 aliphatic carbocycles. The number of hydrogen-bond acceptors (Lipinski definition) is 11. The number of nitrogens with zero attached hydrogens (tertiary/aromatic N) is 3. The number of nitrogens with one attached hydrogen (secondary N) is 2. The van der Waals surface area contributed by atoms with Gasteiger partial charge in [-0.2, -0.15) is 0 Å². The Kier molecular flexibility index (Phi) is 12.5. The lowest BCUT2D eigenvalue weighted by Crippen LogP contribution is -2.31. The van der Waals surface area contributed by atoms with Crippen molar-refractivity contribution < 1.29 is 30.6 Å². The van der Waals surface area contributed by atoms with Crippen LogP contribution >= 0.6 is 0 Å². The van der Waals surface area contributed by atoms with Crippen LogP contribution < -0.4 is 10.6 Å². The molecule has 1 aromatic heterocycles. The zero-order valence-corrected chi connectivity index (χ0v) is 25.7. The van der Waals surface area contributed by atoms with Crippen LogP contribution in [0.25, 0.3) is 0 Å². The van der Waals surface area contributed by atoms with E-state index in [1.54, 1.807) is 0 Å². The molecule has 0 fully saturated rings. The number of phenols is 2. The molecule has 11 heteroatoms. The number of aliphatic hydroxyl groups excluding tert-OH is 4. The molecule has 3 aromatic rings. The number of fused-ring (bicyclic) bond motifs is 2. The fourth-order valence-electron chi connectivity index (χ4n) is 5.71. The number of aromatic hydroxyl groups is 2. The minimum atomic E-state index is -1.05. The second-order valence-electron chi connectivity index (χ2n) is 11.8. The third-order valence-corrected chi connectivity index (χ3v) is 7.85. The van der Waals surface area contributed by atoms with Gasteiger partial charge in [-0.05, 0) is 51.9 Å². The van der Waals surface area contributed by atoms with Crippen LogP contribution in [-0.2, 0) is 39.3 Å². The van der Waals surface area contributed by atoms with E-state index in [0.29, 0.717) is 37.3 Å². The lowest BCUT2D eigenvalue weighted by atomic mass is 10.0. The first-order chi connectivity index (χ1) is 21.1. The van der Waals surface area contributed by atoms with Crippen LogP contribution in [0.5, 0.6) is 11.5 Å². The molecular weight excluding hydrogens is 562 g/mol.